The van der Waals surface area contributed by atoms with E-state index in [1.54, 1.807) is 16.2 Å². The Balaban J connectivity index is 1.70. The van der Waals surface area contributed by atoms with Crippen molar-refractivity contribution in [1.29, 1.82) is 0 Å². The molecule has 7 nitrogen and oxygen atoms in total. The molecule has 1 aliphatic rings. The zero-order chi connectivity index (χ0) is 15.5. The molecule has 1 fully saturated rings. The minimum Gasteiger partial charge on any atom is -0.382 e. The van der Waals surface area contributed by atoms with E-state index in [-0.39, 0.29) is 17.4 Å². The number of aryl methyl sites for hydroxylation is 1. The fourth-order valence-electron chi connectivity index (χ4n) is 2.46. The number of carbonyl (C=O) groups excluding carboxylic acids is 1. The van der Waals surface area contributed by atoms with Gasteiger partial charge in [-0.1, -0.05) is 0 Å². The minimum absolute atomic E-state index is 0.150. The molecule has 0 radical (unpaired) electrons. The Morgan fingerprint density at radius 2 is 2.05 bits per heavy atom. The summed E-state index contributed by atoms with van der Waals surface area (Å²) >= 11 is 1.64. The van der Waals surface area contributed by atoms with Gasteiger partial charge in [-0.25, -0.2) is 15.0 Å². The quantitative estimate of drug-likeness (QED) is 0.894. The van der Waals surface area contributed by atoms with Crippen LogP contribution in [0.25, 0.3) is 0 Å². The third-order valence-electron chi connectivity index (χ3n) is 3.59. The summed E-state index contributed by atoms with van der Waals surface area (Å²) < 4.78 is 0. The lowest BCUT2D eigenvalue weighted by Gasteiger charge is -2.21. The van der Waals surface area contributed by atoms with Crippen LogP contribution in [0, 0.1) is 6.92 Å². The summed E-state index contributed by atoms with van der Waals surface area (Å²) in [6.45, 7) is 4.97. The highest BCUT2D eigenvalue weighted by Crippen LogP contribution is 2.22. The maximum absolute atomic E-state index is 12.5. The number of anilines is 2. The summed E-state index contributed by atoms with van der Waals surface area (Å²) in [5.74, 6) is 0.0342. The van der Waals surface area contributed by atoms with E-state index >= 15 is 0 Å². The average Bonchev–Trinajstić information content (AvgIpc) is 2.81. The molecule has 2 N–H and O–H groups in total. The van der Waals surface area contributed by atoms with Crippen LogP contribution in [0.2, 0.25) is 0 Å². The number of nitrogens with two attached hydrogens (primary N) is 1. The Labute approximate surface area is 132 Å². The standard InChI is InChI=1S/C14H18N6OS/c1-10-9-22-14(18-10)20-6-2-5-19(7-8-20)13(21)11-12(15)17-4-3-16-11/h3-4,9H,2,5-8H2,1H3,(H2,15,17). The van der Waals surface area contributed by atoms with E-state index in [4.69, 9.17) is 5.73 Å². The molecular formula is C14H18N6OS. The van der Waals surface area contributed by atoms with Crippen molar-refractivity contribution in [1.82, 2.24) is 19.9 Å². The van der Waals surface area contributed by atoms with Gasteiger partial charge in [0.15, 0.2) is 16.6 Å². The summed E-state index contributed by atoms with van der Waals surface area (Å²) in [5.41, 5.74) is 7.02. The monoisotopic (exact) mass is 318 g/mol. The number of hydrogen-bond donors (Lipinski definition) is 1. The third kappa shape index (κ3) is 3.01. The van der Waals surface area contributed by atoms with Crippen LogP contribution < -0.4 is 10.6 Å². The van der Waals surface area contributed by atoms with E-state index in [0.29, 0.717) is 13.1 Å². The lowest BCUT2D eigenvalue weighted by molar-refractivity contribution is 0.0762. The molecule has 0 aliphatic carbocycles. The molecule has 0 spiro atoms. The zero-order valence-electron chi connectivity index (χ0n) is 12.4. The van der Waals surface area contributed by atoms with E-state index in [0.717, 1.165) is 30.3 Å². The van der Waals surface area contributed by atoms with Gasteiger partial charge in [-0.15, -0.1) is 11.3 Å². The first-order valence-corrected chi connectivity index (χ1v) is 8.06. The van der Waals surface area contributed by atoms with Crippen molar-refractivity contribution in [3.05, 3.63) is 29.2 Å². The smallest absolute Gasteiger partial charge is 0.276 e. The largest absolute Gasteiger partial charge is 0.382 e. The number of rotatable bonds is 2. The van der Waals surface area contributed by atoms with Crippen molar-refractivity contribution in [2.75, 3.05) is 36.8 Å². The lowest BCUT2D eigenvalue weighted by Crippen LogP contribution is -2.36. The number of thiazole rings is 1. The Morgan fingerprint density at radius 3 is 2.77 bits per heavy atom. The molecule has 22 heavy (non-hydrogen) atoms. The highest BCUT2D eigenvalue weighted by molar-refractivity contribution is 7.13. The summed E-state index contributed by atoms with van der Waals surface area (Å²) in [6, 6.07) is 0. The molecule has 0 atom stereocenters. The van der Waals surface area contributed by atoms with Gasteiger partial charge in [0.05, 0.1) is 5.69 Å². The molecule has 0 bridgehead atoms. The van der Waals surface area contributed by atoms with E-state index in [1.165, 1.54) is 12.4 Å². The van der Waals surface area contributed by atoms with Gasteiger partial charge in [-0.2, -0.15) is 0 Å². The van der Waals surface area contributed by atoms with Crippen LogP contribution in [0.5, 0.6) is 0 Å². The first-order valence-electron chi connectivity index (χ1n) is 7.18. The van der Waals surface area contributed by atoms with Crippen molar-refractivity contribution in [2.24, 2.45) is 0 Å². The molecule has 3 rings (SSSR count). The Kier molecular flexibility index (Phi) is 4.19. The van der Waals surface area contributed by atoms with Crippen molar-refractivity contribution in [3.8, 4) is 0 Å². The van der Waals surface area contributed by atoms with Crippen LogP contribution >= 0.6 is 11.3 Å². The van der Waals surface area contributed by atoms with Crippen LogP contribution in [-0.4, -0.2) is 51.9 Å². The SMILES string of the molecule is Cc1csc(N2CCCN(C(=O)c3nccnc3N)CC2)n1. The van der Waals surface area contributed by atoms with Gasteiger partial charge in [0.25, 0.3) is 5.91 Å². The number of carbonyl (C=O) groups is 1. The number of amides is 1. The fourth-order valence-corrected chi connectivity index (χ4v) is 3.32. The summed E-state index contributed by atoms with van der Waals surface area (Å²) in [5, 5.41) is 3.06. The molecule has 2 aromatic rings. The number of hydrogen-bond acceptors (Lipinski definition) is 7. The normalized spacial score (nSPS) is 15.7. The molecule has 1 amide bonds. The molecular weight excluding hydrogens is 300 g/mol. The van der Waals surface area contributed by atoms with E-state index in [9.17, 15) is 4.79 Å². The number of nitrogen functional groups attached to an aromatic ring is 1. The highest BCUT2D eigenvalue weighted by Gasteiger charge is 2.24. The molecule has 1 aliphatic heterocycles. The van der Waals surface area contributed by atoms with E-state index in [1.807, 2.05) is 12.3 Å². The summed E-state index contributed by atoms with van der Waals surface area (Å²) in [4.78, 5) is 29.1. The molecule has 0 unspecified atom stereocenters. The zero-order valence-corrected chi connectivity index (χ0v) is 13.2. The Bertz CT molecular complexity index is 673. The summed E-state index contributed by atoms with van der Waals surface area (Å²) in [6.07, 6.45) is 3.87. The number of nitrogens with zero attached hydrogens (tertiary/aromatic N) is 5. The van der Waals surface area contributed by atoms with Crippen LogP contribution in [0.15, 0.2) is 17.8 Å². The van der Waals surface area contributed by atoms with Gasteiger partial charge in [0.1, 0.15) is 0 Å². The second-order valence-corrected chi connectivity index (χ2v) is 6.03. The second-order valence-electron chi connectivity index (χ2n) is 5.19. The van der Waals surface area contributed by atoms with Gasteiger partial charge in [-0.05, 0) is 13.3 Å². The molecule has 3 heterocycles. The van der Waals surface area contributed by atoms with Crippen LogP contribution in [0.1, 0.15) is 22.6 Å². The first kappa shape index (κ1) is 14.7. The van der Waals surface area contributed by atoms with Crippen molar-refractivity contribution in [2.45, 2.75) is 13.3 Å². The lowest BCUT2D eigenvalue weighted by atomic mass is 10.3. The van der Waals surface area contributed by atoms with E-state index in [2.05, 4.69) is 19.9 Å². The predicted octanol–water partition coefficient (Wildman–Crippen LogP) is 1.18. The molecule has 2 aromatic heterocycles. The Hall–Kier alpha value is -2.22. The topological polar surface area (TPSA) is 88.2 Å². The van der Waals surface area contributed by atoms with Crippen LogP contribution in [-0.2, 0) is 0 Å². The van der Waals surface area contributed by atoms with Gasteiger partial charge in [0, 0.05) is 44.0 Å². The Morgan fingerprint density at radius 1 is 1.23 bits per heavy atom. The van der Waals surface area contributed by atoms with Gasteiger partial charge in [-0.3, -0.25) is 4.79 Å². The van der Waals surface area contributed by atoms with Crippen LogP contribution in [0.4, 0.5) is 10.9 Å². The van der Waals surface area contributed by atoms with Crippen molar-refractivity contribution in [3.63, 3.8) is 0 Å². The maximum atomic E-state index is 12.5. The second kappa shape index (κ2) is 6.27. The predicted molar refractivity (Wildman–Crippen MR) is 86.0 cm³/mol. The highest BCUT2D eigenvalue weighted by atomic mass is 32.1. The van der Waals surface area contributed by atoms with Crippen molar-refractivity contribution < 1.29 is 4.79 Å². The molecule has 116 valence electrons. The van der Waals surface area contributed by atoms with Crippen LogP contribution in [0.3, 0.4) is 0 Å². The van der Waals surface area contributed by atoms with Gasteiger partial charge >= 0.3 is 0 Å². The summed E-state index contributed by atoms with van der Waals surface area (Å²) in [7, 11) is 0. The molecule has 0 aromatic carbocycles. The van der Waals surface area contributed by atoms with Crippen molar-refractivity contribution >= 4 is 28.2 Å². The van der Waals surface area contributed by atoms with Gasteiger partial charge < -0.3 is 15.5 Å². The molecule has 1 saturated heterocycles. The number of aromatic nitrogens is 3. The fraction of sp³-hybridized carbons (Fsp3) is 0.429. The average molecular weight is 318 g/mol. The third-order valence-corrected chi connectivity index (χ3v) is 4.61. The molecule has 0 saturated carbocycles. The minimum atomic E-state index is -0.150. The van der Waals surface area contributed by atoms with Gasteiger partial charge in [0.2, 0.25) is 0 Å². The van der Waals surface area contributed by atoms with E-state index < -0.39 is 0 Å². The first-order chi connectivity index (χ1) is 10.6. The maximum Gasteiger partial charge on any atom is 0.276 e. The molecule has 8 heteroatoms.